The molecule has 0 atom stereocenters. The molecule has 0 aliphatic heterocycles. The smallest absolute Gasteiger partial charge is 0.200 e. The van der Waals surface area contributed by atoms with Crippen molar-refractivity contribution in [1.82, 2.24) is 4.98 Å². The molecule has 0 amide bonds. The highest BCUT2D eigenvalue weighted by Crippen LogP contribution is 2.22. The van der Waals surface area contributed by atoms with Crippen LogP contribution in [0, 0.1) is 0 Å². The molecule has 110 valence electrons. The van der Waals surface area contributed by atoms with Gasteiger partial charge in [0.1, 0.15) is 0 Å². The number of carbonyl (C=O) groups is 1. The summed E-state index contributed by atoms with van der Waals surface area (Å²) in [6.45, 7) is 0. The fraction of sp³-hybridized carbons (Fsp3) is 0. The van der Waals surface area contributed by atoms with Crippen molar-refractivity contribution in [2.45, 2.75) is 0 Å². The Bertz CT molecular complexity index is 1090. The third-order valence-electron chi connectivity index (χ3n) is 4.06. The van der Waals surface area contributed by atoms with Crippen LogP contribution in [0.15, 0.2) is 77.7 Å². The largest absolute Gasteiger partial charge is 0.360 e. The first kappa shape index (κ1) is 13.5. The Morgan fingerprint density at radius 2 is 1.52 bits per heavy atom. The molecule has 3 nitrogen and oxygen atoms in total. The van der Waals surface area contributed by atoms with Gasteiger partial charge in [0.25, 0.3) is 0 Å². The van der Waals surface area contributed by atoms with E-state index in [2.05, 4.69) is 4.98 Å². The molecule has 4 rings (SSSR count). The molecule has 4 aromatic rings. The van der Waals surface area contributed by atoms with Crippen LogP contribution in [-0.2, 0) is 0 Å². The molecule has 1 N–H and O–H groups in total. The van der Waals surface area contributed by atoms with Gasteiger partial charge in [0.05, 0.1) is 11.1 Å². The summed E-state index contributed by atoms with van der Waals surface area (Å²) in [5, 5.41) is 2.56. The number of carbonyl (C=O) groups excluding carboxylic acids is 1. The van der Waals surface area contributed by atoms with Gasteiger partial charge in [-0.3, -0.25) is 9.59 Å². The van der Waals surface area contributed by atoms with E-state index in [1.807, 2.05) is 36.4 Å². The Morgan fingerprint density at radius 1 is 0.783 bits per heavy atom. The summed E-state index contributed by atoms with van der Waals surface area (Å²) >= 11 is 0. The molecule has 23 heavy (non-hydrogen) atoms. The molecule has 0 saturated carbocycles. The lowest BCUT2D eigenvalue weighted by atomic mass is 10.0. The van der Waals surface area contributed by atoms with E-state index in [9.17, 15) is 9.59 Å². The number of nitrogens with one attached hydrogen (secondary N) is 1. The van der Waals surface area contributed by atoms with Crippen molar-refractivity contribution in [1.29, 1.82) is 0 Å². The van der Waals surface area contributed by atoms with Crippen molar-refractivity contribution in [3.05, 3.63) is 94.3 Å². The van der Waals surface area contributed by atoms with Gasteiger partial charge in [-0.15, -0.1) is 0 Å². The van der Waals surface area contributed by atoms with Crippen LogP contribution in [0.3, 0.4) is 0 Å². The lowest BCUT2D eigenvalue weighted by Crippen LogP contribution is -2.16. The van der Waals surface area contributed by atoms with E-state index in [0.29, 0.717) is 10.9 Å². The van der Waals surface area contributed by atoms with Gasteiger partial charge < -0.3 is 4.98 Å². The number of H-pyrrole nitrogens is 1. The average Bonchev–Trinajstić information content (AvgIpc) is 2.62. The lowest BCUT2D eigenvalue weighted by molar-refractivity contribution is 0.103. The van der Waals surface area contributed by atoms with E-state index in [-0.39, 0.29) is 16.8 Å². The number of aromatic amines is 1. The maximum Gasteiger partial charge on any atom is 0.200 e. The van der Waals surface area contributed by atoms with Crippen LogP contribution in [0.1, 0.15) is 15.9 Å². The number of fused-ring (bicyclic) bond motifs is 3. The number of aromatic nitrogens is 1. The average molecular weight is 299 g/mol. The highest BCUT2D eigenvalue weighted by Gasteiger charge is 2.15. The van der Waals surface area contributed by atoms with Gasteiger partial charge in [-0.2, -0.15) is 0 Å². The van der Waals surface area contributed by atoms with Gasteiger partial charge in [0.2, 0.25) is 5.43 Å². The molecule has 0 aliphatic carbocycles. The SMILES string of the molecule is O=C(c1ccccc1)c1c[nH]c2c(ccc3ccccc32)c1=O. The van der Waals surface area contributed by atoms with E-state index < -0.39 is 0 Å². The van der Waals surface area contributed by atoms with Gasteiger partial charge >= 0.3 is 0 Å². The molecule has 3 aromatic carbocycles. The highest BCUT2D eigenvalue weighted by atomic mass is 16.1. The van der Waals surface area contributed by atoms with E-state index in [1.165, 1.54) is 6.20 Å². The molecular weight excluding hydrogens is 286 g/mol. The van der Waals surface area contributed by atoms with Crippen molar-refractivity contribution in [2.75, 3.05) is 0 Å². The monoisotopic (exact) mass is 299 g/mol. The molecule has 0 saturated heterocycles. The van der Waals surface area contributed by atoms with Crippen molar-refractivity contribution >= 4 is 27.5 Å². The van der Waals surface area contributed by atoms with Crippen LogP contribution < -0.4 is 5.43 Å². The summed E-state index contributed by atoms with van der Waals surface area (Å²) < 4.78 is 0. The maximum atomic E-state index is 12.7. The zero-order valence-corrected chi connectivity index (χ0v) is 12.2. The summed E-state index contributed by atoms with van der Waals surface area (Å²) in [6.07, 6.45) is 1.52. The number of hydrogen-bond donors (Lipinski definition) is 1. The Balaban J connectivity index is 1.97. The molecule has 0 aliphatic rings. The number of hydrogen-bond acceptors (Lipinski definition) is 2. The van der Waals surface area contributed by atoms with Crippen LogP contribution in [0.5, 0.6) is 0 Å². The van der Waals surface area contributed by atoms with Crippen molar-refractivity contribution < 1.29 is 4.79 Å². The molecule has 0 bridgehead atoms. The van der Waals surface area contributed by atoms with Crippen LogP contribution in [0.25, 0.3) is 21.7 Å². The normalized spacial score (nSPS) is 11.0. The number of ketones is 1. The Morgan fingerprint density at radius 3 is 2.35 bits per heavy atom. The predicted octanol–water partition coefficient (Wildman–Crippen LogP) is 3.91. The fourth-order valence-corrected chi connectivity index (χ4v) is 2.88. The molecule has 1 aromatic heterocycles. The maximum absolute atomic E-state index is 12.7. The van der Waals surface area contributed by atoms with Gasteiger partial charge in [-0.05, 0) is 11.5 Å². The van der Waals surface area contributed by atoms with E-state index in [4.69, 9.17) is 0 Å². The first-order valence-corrected chi connectivity index (χ1v) is 7.38. The minimum Gasteiger partial charge on any atom is -0.360 e. The van der Waals surface area contributed by atoms with Crippen molar-refractivity contribution in [3.63, 3.8) is 0 Å². The molecule has 1 heterocycles. The summed E-state index contributed by atoms with van der Waals surface area (Å²) in [6, 6.07) is 20.4. The molecule has 0 radical (unpaired) electrons. The second-order valence-electron chi connectivity index (χ2n) is 5.44. The quantitative estimate of drug-likeness (QED) is 0.450. The first-order valence-electron chi connectivity index (χ1n) is 7.38. The van der Waals surface area contributed by atoms with Gasteiger partial charge in [0.15, 0.2) is 5.78 Å². The van der Waals surface area contributed by atoms with Gasteiger partial charge in [0, 0.05) is 22.5 Å². The minimum absolute atomic E-state index is 0.166. The van der Waals surface area contributed by atoms with E-state index in [0.717, 1.165) is 16.3 Å². The number of pyridine rings is 1. The number of rotatable bonds is 2. The Kier molecular flexibility index (Phi) is 3.05. The van der Waals surface area contributed by atoms with Gasteiger partial charge in [-0.1, -0.05) is 60.7 Å². The molecule has 3 heteroatoms. The predicted molar refractivity (Wildman–Crippen MR) is 91.9 cm³/mol. The van der Waals surface area contributed by atoms with Crippen LogP contribution >= 0.6 is 0 Å². The van der Waals surface area contributed by atoms with Crippen LogP contribution in [0.2, 0.25) is 0 Å². The third kappa shape index (κ3) is 2.14. The second kappa shape index (κ2) is 5.21. The van der Waals surface area contributed by atoms with Crippen LogP contribution in [0.4, 0.5) is 0 Å². The standard InChI is InChI=1S/C20H13NO2/c22-19(14-7-2-1-3-8-14)17-12-21-18-15-9-5-4-6-13(15)10-11-16(18)20(17)23/h1-12H,(H,21,23). The van der Waals surface area contributed by atoms with Crippen molar-refractivity contribution in [3.8, 4) is 0 Å². The molecular formula is C20H13NO2. The number of benzene rings is 3. The molecule has 0 unspecified atom stereocenters. The summed E-state index contributed by atoms with van der Waals surface area (Å²) in [5.41, 5.74) is 1.20. The minimum atomic E-state index is -0.262. The lowest BCUT2D eigenvalue weighted by Gasteiger charge is -2.06. The fourth-order valence-electron chi connectivity index (χ4n) is 2.88. The summed E-state index contributed by atoms with van der Waals surface area (Å²) in [4.78, 5) is 28.4. The van der Waals surface area contributed by atoms with E-state index >= 15 is 0 Å². The summed E-state index contributed by atoms with van der Waals surface area (Å²) in [7, 11) is 0. The van der Waals surface area contributed by atoms with E-state index in [1.54, 1.807) is 30.3 Å². The Hall–Kier alpha value is -3.20. The van der Waals surface area contributed by atoms with Gasteiger partial charge in [-0.25, -0.2) is 0 Å². The zero-order chi connectivity index (χ0) is 15.8. The highest BCUT2D eigenvalue weighted by molar-refractivity contribution is 6.12. The first-order chi connectivity index (χ1) is 11.3. The Labute approximate surface area is 132 Å². The van der Waals surface area contributed by atoms with Crippen molar-refractivity contribution in [2.24, 2.45) is 0 Å². The molecule has 0 fully saturated rings. The second-order valence-corrected chi connectivity index (χ2v) is 5.44. The summed E-state index contributed by atoms with van der Waals surface area (Å²) in [5.74, 6) is -0.262. The topological polar surface area (TPSA) is 49.9 Å². The molecule has 0 spiro atoms. The van der Waals surface area contributed by atoms with Crippen LogP contribution in [-0.4, -0.2) is 10.8 Å². The zero-order valence-electron chi connectivity index (χ0n) is 12.2. The third-order valence-corrected chi connectivity index (χ3v) is 4.06.